The van der Waals surface area contributed by atoms with E-state index in [0.29, 0.717) is 28.3 Å². The largest absolute Gasteiger partial charge is 0.497 e. The summed E-state index contributed by atoms with van der Waals surface area (Å²) in [5.41, 5.74) is 2.65. The van der Waals surface area contributed by atoms with Crippen LogP contribution in [0.4, 0.5) is 10.1 Å². The van der Waals surface area contributed by atoms with Gasteiger partial charge in [0.1, 0.15) is 17.3 Å². The molecule has 2 amide bonds. The first-order valence-electron chi connectivity index (χ1n) is 10.5. The summed E-state index contributed by atoms with van der Waals surface area (Å²) in [6.07, 6.45) is 1.62. The lowest BCUT2D eigenvalue weighted by atomic mass is 10.1. The van der Waals surface area contributed by atoms with Crippen molar-refractivity contribution in [1.82, 2.24) is 14.7 Å². The highest BCUT2D eigenvalue weighted by atomic mass is 19.1. The molecule has 7 nitrogen and oxygen atoms in total. The molecule has 0 saturated carbocycles. The van der Waals surface area contributed by atoms with Crippen LogP contribution in [0.5, 0.6) is 5.75 Å². The number of benzene rings is 3. The quantitative estimate of drug-likeness (QED) is 0.446. The standard InChI is InChI=1S/C26H23FN4O3/c1-30(17-24(32)28-20-12-14-22(34-2)15-13-20)26(33)23-16-31(21-6-4-3-5-7-21)29-25(23)18-8-10-19(27)11-9-18/h3-16H,17H2,1-2H3,(H,28,32). The summed E-state index contributed by atoms with van der Waals surface area (Å²) >= 11 is 0. The fourth-order valence-corrected chi connectivity index (χ4v) is 3.43. The smallest absolute Gasteiger partial charge is 0.257 e. The molecule has 0 aliphatic heterocycles. The maximum atomic E-state index is 13.5. The molecule has 0 fully saturated rings. The molecule has 0 aliphatic rings. The van der Waals surface area contributed by atoms with Crippen LogP contribution in [0.3, 0.4) is 0 Å². The molecule has 0 spiro atoms. The van der Waals surface area contributed by atoms with E-state index >= 15 is 0 Å². The van der Waals surface area contributed by atoms with E-state index in [-0.39, 0.29) is 24.2 Å². The molecule has 8 heteroatoms. The van der Waals surface area contributed by atoms with Crippen LogP contribution in [0, 0.1) is 5.82 Å². The highest BCUT2D eigenvalue weighted by Gasteiger charge is 2.23. The van der Waals surface area contributed by atoms with E-state index in [2.05, 4.69) is 10.4 Å². The van der Waals surface area contributed by atoms with Gasteiger partial charge in [-0.3, -0.25) is 9.59 Å². The maximum absolute atomic E-state index is 13.5. The Hall–Kier alpha value is -4.46. The van der Waals surface area contributed by atoms with Gasteiger partial charge in [0.05, 0.1) is 24.9 Å². The number of nitrogens with one attached hydrogen (secondary N) is 1. The van der Waals surface area contributed by atoms with Gasteiger partial charge < -0.3 is 15.0 Å². The van der Waals surface area contributed by atoms with Crippen molar-refractivity contribution < 1.29 is 18.7 Å². The lowest BCUT2D eigenvalue weighted by Gasteiger charge is -2.17. The monoisotopic (exact) mass is 458 g/mol. The summed E-state index contributed by atoms with van der Waals surface area (Å²) in [4.78, 5) is 27.2. The summed E-state index contributed by atoms with van der Waals surface area (Å²) in [6.45, 7) is -0.162. The third-order valence-electron chi connectivity index (χ3n) is 5.18. The second kappa shape index (κ2) is 9.99. The first-order valence-corrected chi connectivity index (χ1v) is 10.5. The topological polar surface area (TPSA) is 76.5 Å². The third-order valence-corrected chi connectivity index (χ3v) is 5.18. The van der Waals surface area contributed by atoms with Crippen LogP contribution in [0.25, 0.3) is 16.9 Å². The normalized spacial score (nSPS) is 10.6. The van der Waals surface area contributed by atoms with E-state index < -0.39 is 0 Å². The van der Waals surface area contributed by atoms with Crippen LogP contribution in [-0.2, 0) is 4.79 Å². The highest BCUT2D eigenvalue weighted by Crippen LogP contribution is 2.25. The van der Waals surface area contributed by atoms with Gasteiger partial charge in [-0.2, -0.15) is 5.10 Å². The van der Waals surface area contributed by atoms with Gasteiger partial charge in [-0.15, -0.1) is 0 Å². The van der Waals surface area contributed by atoms with Crippen molar-refractivity contribution in [2.45, 2.75) is 0 Å². The Morgan fingerprint density at radius 3 is 2.32 bits per heavy atom. The summed E-state index contributed by atoms with van der Waals surface area (Å²) in [5, 5.41) is 7.34. The second-order valence-corrected chi connectivity index (χ2v) is 7.62. The zero-order valence-electron chi connectivity index (χ0n) is 18.7. The van der Waals surface area contributed by atoms with E-state index in [1.165, 1.54) is 17.0 Å². The second-order valence-electron chi connectivity index (χ2n) is 7.62. The molecule has 4 rings (SSSR count). The Kier molecular flexibility index (Phi) is 6.68. The van der Waals surface area contributed by atoms with Crippen molar-refractivity contribution in [3.8, 4) is 22.7 Å². The van der Waals surface area contributed by atoms with Crippen LogP contribution < -0.4 is 10.1 Å². The first kappa shape index (κ1) is 22.7. The van der Waals surface area contributed by atoms with E-state index in [0.717, 1.165) is 5.69 Å². The first-order chi connectivity index (χ1) is 16.4. The number of halogens is 1. The van der Waals surface area contributed by atoms with E-state index in [9.17, 15) is 14.0 Å². The number of anilines is 1. The Balaban J connectivity index is 1.57. The molecule has 1 N–H and O–H groups in total. The summed E-state index contributed by atoms with van der Waals surface area (Å²) in [5.74, 6) is -0.438. The van der Waals surface area contributed by atoms with Crippen LogP contribution in [0.15, 0.2) is 85.1 Å². The molecule has 0 unspecified atom stereocenters. The molecule has 4 aromatic rings. The predicted octanol–water partition coefficient (Wildman–Crippen LogP) is 4.40. The van der Waals surface area contributed by atoms with Gasteiger partial charge in [-0.25, -0.2) is 9.07 Å². The minimum absolute atomic E-state index is 0.162. The number of hydrogen-bond donors (Lipinski definition) is 1. The van der Waals surface area contributed by atoms with Crippen molar-refractivity contribution in [3.05, 3.63) is 96.4 Å². The minimum atomic E-state index is -0.383. The third kappa shape index (κ3) is 5.12. The average molecular weight is 458 g/mol. The van der Waals surface area contributed by atoms with Crippen LogP contribution >= 0.6 is 0 Å². The van der Waals surface area contributed by atoms with Crippen LogP contribution in [-0.4, -0.2) is 47.2 Å². The van der Waals surface area contributed by atoms with Gasteiger partial charge in [-0.1, -0.05) is 18.2 Å². The molecule has 1 aromatic heterocycles. The number of para-hydroxylation sites is 1. The van der Waals surface area contributed by atoms with Gasteiger partial charge in [0.25, 0.3) is 5.91 Å². The zero-order chi connectivity index (χ0) is 24.1. The van der Waals surface area contributed by atoms with E-state index in [4.69, 9.17) is 4.74 Å². The molecule has 34 heavy (non-hydrogen) atoms. The number of amides is 2. The van der Waals surface area contributed by atoms with Crippen molar-refractivity contribution in [1.29, 1.82) is 0 Å². The molecule has 3 aromatic carbocycles. The molecule has 172 valence electrons. The van der Waals surface area contributed by atoms with Gasteiger partial charge in [0.15, 0.2) is 0 Å². The fraction of sp³-hybridized carbons (Fsp3) is 0.115. The minimum Gasteiger partial charge on any atom is -0.497 e. The van der Waals surface area contributed by atoms with Crippen molar-refractivity contribution in [2.75, 3.05) is 26.0 Å². The summed E-state index contributed by atoms with van der Waals surface area (Å²) < 4.78 is 20.2. The molecule has 0 bridgehead atoms. The molecule has 1 heterocycles. The molecule has 0 saturated heterocycles. The lowest BCUT2D eigenvalue weighted by molar-refractivity contribution is -0.116. The van der Waals surface area contributed by atoms with Gasteiger partial charge >= 0.3 is 0 Å². The number of aromatic nitrogens is 2. The molecule has 0 radical (unpaired) electrons. The van der Waals surface area contributed by atoms with Crippen molar-refractivity contribution in [3.63, 3.8) is 0 Å². The fourth-order valence-electron chi connectivity index (χ4n) is 3.43. The number of carbonyl (C=O) groups is 2. The predicted molar refractivity (Wildman–Crippen MR) is 128 cm³/mol. The highest BCUT2D eigenvalue weighted by molar-refractivity contribution is 6.02. The van der Waals surface area contributed by atoms with Gasteiger partial charge in [0.2, 0.25) is 5.91 Å². The average Bonchev–Trinajstić information content (AvgIpc) is 3.30. The summed E-state index contributed by atoms with van der Waals surface area (Å²) in [6, 6.07) is 22.0. The number of carbonyl (C=O) groups excluding carboxylic acids is 2. The number of hydrogen-bond acceptors (Lipinski definition) is 4. The Morgan fingerprint density at radius 2 is 1.68 bits per heavy atom. The molecule has 0 aliphatic carbocycles. The summed E-state index contributed by atoms with van der Waals surface area (Å²) in [7, 11) is 3.11. The molecular weight excluding hydrogens is 435 g/mol. The van der Waals surface area contributed by atoms with E-state index in [1.807, 2.05) is 30.3 Å². The van der Waals surface area contributed by atoms with Crippen LogP contribution in [0.2, 0.25) is 0 Å². The molecule has 0 atom stereocenters. The number of methoxy groups -OCH3 is 1. The lowest BCUT2D eigenvalue weighted by Crippen LogP contribution is -2.35. The van der Waals surface area contributed by atoms with E-state index in [1.54, 1.807) is 61.4 Å². The zero-order valence-corrected chi connectivity index (χ0v) is 18.7. The Morgan fingerprint density at radius 1 is 1.00 bits per heavy atom. The number of likely N-dealkylation sites (N-methyl/N-ethyl adjacent to an activating group) is 1. The number of rotatable bonds is 7. The maximum Gasteiger partial charge on any atom is 0.257 e. The van der Waals surface area contributed by atoms with Gasteiger partial charge in [-0.05, 0) is 60.7 Å². The van der Waals surface area contributed by atoms with Crippen LogP contribution in [0.1, 0.15) is 10.4 Å². The Labute approximate surface area is 196 Å². The SMILES string of the molecule is COc1ccc(NC(=O)CN(C)C(=O)c2cn(-c3ccccc3)nc2-c2ccc(F)cc2)cc1. The van der Waals surface area contributed by atoms with Gasteiger partial charge in [0, 0.05) is 24.5 Å². The Bertz CT molecular complexity index is 1290. The van der Waals surface area contributed by atoms with Crippen molar-refractivity contribution in [2.24, 2.45) is 0 Å². The number of ether oxygens (including phenoxy) is 1. The van der Waals surface area contributed by atoms with Crippen molar-refractivity contribution >= 4 is 17.5 Å². The molecular formula is C26H23FN4O3. The number of nitrogens with zero attached hydrogens (tertiary/aromatic N) is 3.